The van der Waals surface area contributed by atoms with Crippen molar-refractivity contribution in [1.29, 1.82) is 0 Å². The first-order valence-electron chi connectivity index (χ1n) is 4.54. The molecule has 5 heteroatoms. The van der Waals surface area contributed by atoms with Gasteiger partial charge >= 0.3 is 0 Å². The number of hydrogen-bond donors (Lipinski definition) is 3. The molecule has 0 unspecified atom stereocenters. The predicted molar refractivity (Wildman–Crippen MR) is 60.2 cm³/mol. The molecule has 0 radical (unpaired) electrons. The van der Waals surface area contributed by atoms with Crippen molar-refractivity contribution in [3.63, 3.8) is 0 Å². The summed E-state index contributed by atoms with van der Waals surface area (Å²) in [6, 6.07) is 3.01. The number of halogens is 1. The van der Waals surface area contributed by atoms with Crippen LogP contribution < -0.4 is 11.1 Å². The molecule has 0 saturated carbocycles. The highest BCUT2D eigenvalue weighted by Gasteiger charge is 2.12. The van der Waals surface area contributed by atoms with E-state index in [1.54, 1.807) is 6.07 Å². The molecule has 0 aliphatic heterocycles. The van der Waals surface area contributed by atoms with E-state index in [-0.39, 0.29) is 11.7 Å². The number of carbonyl (C=O) groups excluding carboxylic acids is 1. The van der Waals surface area contributed by atoms with Crippen LogP contribution in [0.15, 0.2) is 12.1 Å². The summed E-state index contributed by atoms with van der Waals surface area (Å²) in [6.07, 6.45) is 0.503. The molecular formula is C10H13ClN2O2. The zero-order valence-electron chi connectivity index (χ0n) is 8.38. The van der Waals surface area contributed by atoms with Gasteiger partial charge in [0, 0.05) is 11.9 Å². The second-order valence-corrected chi connectivity index (χ2v) is 3.55. The number of nitrogens with one attached hydrogen (secondary N) is 1. The lowest BCUT2D eigenvalue weighted by Gasteiger charge is -2.12. The number of nitrogens with two attached hydrogens (primary N) is 1. The van der Waals surface area contributed by atoms with Gasteiger partial charge in [-0.25, -0.2) is 0 Å². The fraction of sp³-hybridized carbons (Fsp3) is 0.300. The van der Waals surface area contributed by atoms with Gasteiger partial charge in [0.25, 0.3) is 0 Å². The van der Waals surface area contributed by atoms with Gasteiger partial charge in [-0.1, -0.05) is 11.6 Å². The maximum absolute atomic E-state index is 10.9. The van der Waals surface area contributed by atoms with Gasteiger partial charge in [0.05, 0.1) is 5.69 Å². The summed E-state index contributed by atoms with van der Waals surface area (Å²) in [7, 11) is 0. The Morgan fingerprint density at radius 3 is 2.80 bits per heavy atom. The molecule has 0 aromatic heterocycles. The minimum absolute atomic E-state index is 0.00181. The Labute approximate surface area is 93.0 Å². The molecule has 15 heavy (non-hydrogen) atoms. The lowest BCUT2D eigenvalue weighted by molar-refractivity contribution is -0.114. The number of hydrogen-bond acceptors (Lipinski definition) is 3. The second kappa shape index (κ2) is 5.00. The zero-order chi connectivity index (χ0) is 11.4. The standard InChI is InChI=1S/C10H13ClN2O2/c1-6(14)13-10-7(4-5-12)8(11)2-3-9(10)15/h2-3,15H,4-5,12H2,1H3,(H,13,14). The number of phenols is 1. The van der Waals surface area contributed by atoms with E-state index in [9.17, 15) is 9.90 Å². The Hall–Kier alpha value is -1.26. The first-order valence-corrected chi connectivity index (χ1v) is 4.92. The van der Waals surface area contributed by atoms with Crippen LogP contribution in [0.4, 0.5) is 5.69 Å². The zero-order valence-corrected chi connectivity index (χ0v) is 9.14. The number of phenolic OH excluding ortho intramolecular Hbond substituents is 1. The van der Waals surface area contributed by atoms with Crippen molar-refractivity contribution in [2.45, 2.75) is 13.3 Å². The SMILES string of the molecule is CC(=O)Nc1c(O)ccc(Cl)c1CCN. The highest BCUT2D eigenvalue weighted by Crippen LogP contribution is 2.33. The number of anilines is 1. The molecule has 4 N–H and O–H groups in total. The molecule has 0 atom stereocenters. The quantitative estimate of drug-likeness (QED) is 0.687. The smallest absolute Gasteiger partial charge is 0.221 e. The van der Waals surface area contributed by atoms with E-state index in [0.717, 1.165) is 0 Å². The van der Waals surface area contributed by atoms with Gasteiger partial charge in [-0.15, -0.1) is 0 Å². The van der Waals surface area contributed by atoms with Gasteiger partial charge in [0.2, 0.25) is 5.91 Å². The third kappa shape index (κ3) is 2.84. The van der Waals surface area contributed by atoms with Gasteiger partial charge < -0.3 is 16.2 Å². The van der Waals surface area contributed by atoms with Crippen LogP contribution in [0.1, 0.15) is 12.5 Å². The summed E-state index contributed by atoms with van der Waals surface area (Å²) >= 11 is 5.95. The molecule has 1 aromatic carbocycles. The van der Waals surface area contributed by atoms with E-state index in [2.05, 4.69) is 5.32 Å². The van der Waals surface area contributed by atoms with Crippen LogP contribution in [0.3, 0.4) is 0 Å². The fourth-order valence-corrected chi connectivity index (χ4v) is 1.57. The van der Waals surface area contributed by atoms with E-state index in [4.69, 9.17) is 17.3 Å². The van der Waals surface area contributed by atoms with Crippen molar-refractivity contribution in [1.82, 2.24) is 0 Å². The largest absolute Gasteiger partial charge is 0.506 e. The number of benzene rings is 1. The summed E-state index contributed by atoms with van der Waals surface area (Å²) in [5.74, 6) is -0.260. The topological polar surface area (TPSA) is 75.3 Å². The molecule has 0 spiro atoms. The molecule has 0 fully saturated rings. The van der Waals surface area contributed by atoms with E-state index >= 15 is 0 Å². The Morgan fingerprint density at radius 2 is 2.27 bits per heavy atom. The van der Waals surface area contributed by atoms with Crippen LogP contribution in [-0.2, 0) is 11.2 Å². The van der Waals surface area contributed by atoms with Crippen LogP contribution in [0.5, 0.6) is 5.75 Å². The molecule has 1 amide bonds. The summed E-state index contributed by atoms with van der Waals surface area (Å²) < 4.78 is 0. The number of carbonyl (C=O) groups is 1. The fourth-order valence-electron chi connectivity index (χ4n) is 1.31. The first-order chi connectivity index (χ1) is 7.06. The molecule has 1 rings (SSSR count). The van der Waals surface area contributed by atoms with Crippen LogP contribution in [0.25, 0.3) is 0 Å². The van der Waals surface area contributed by atoms with Gasteiger partial charge in [0.15, 0.2) is 0 Å². The normalized spacial score (nSPS) is 10.1. The van der Waals surface area contributed by atoms with E-state index in [1.165, 1.54) is 13.0 Å². The second-order valence-electron chi connectivity index (χ2n) is 3.14. The van der Waals surface area contributed by atoms with Gasteiger partial charge in [-0.05, 0) is 30.7 Å². The van der Waals surface area contributed by atoms with Gasteiger partial charge in [0.1, 0.15) is 5.75 Å². The summed E-state index contributed by atoms with van der Waals surface area (Å²) in [5, 5.41) is 12.6. The Morgan fingerprint density at radius 1 is 1.60 bits per heavy atom. The molecule has 82 valence electrons. The van der Waals surface area contributed by atoms with Crippen molar-refractivity contribution in [2.75, 3.05) is 11.9 Å². The Balaban J connectivity index is 3.18. The lowest BCUT2D eigenvalue weighted by Crippen LogP contribution is -2.11. The van der Waals surface area contributed by atoms with E-state index in [1.807, 2.05) is 0 Å². The first kappa shape index (κ1) is 11.8. The number of amides is 1. The number of rotatable bonds is 3. The van der Waals surface area contributed by atoms with Crippen LogP contribution in [0, 0.1) is 0 Å². The Bertz CT molecular complexity index is 380. The molecule has 4 nitrogen and oxygen atoms in total. The van der Waals surface area contributed by atoms with Crippen molar-refractivity contribution in [2.24, 2.45) is 5.73 Å². The monoisotopic (exact) mass is 228 g/mol. The summed E-state index contributed by atoms with van der Waals surface area (Å²) in [6.45, 7) is 1.77. The van der Waals surface area contributed by atoms with Crippen molar-refractivity contribution in [3.8, 4) is 5.75 Å². The molecule has 0 aliphatic rings. The van der Waals surface area contributed by atoms with Crippen LogP contribution in [-0.4, -0.2) is 17.6 Å². The molecular weight excluding hydrogens is 216 g/mol. The van der Waals surface area contributed by atoms with Crippen molar-refractivity contribution >= 4 is 23.2 Å². The minimum atomic E-state index is -0.258. The molecule has 1 aromatic rings. The molecule has 0 saturated heterocycles. The average Bonchev–Trinajstić information content (AvgIpc) is 2.17. The average molecular weight is 229 g/mol. The lowest BCUT2D eigenvalue weighted by atomic mass is 10.1. The van der Waals surface area contributed by atoms with E-state index < -0.39 is 0 Å². The predicted octanol–water partition coefficient (Wildman–Crippen LogP) is 1.51. The Kier molecular flexibility index (Phi) is 3.94. The van der Waals surface area contributed by atoms with Crippen LogP contribution in [0.2, 0.25) is 5.02 Å². The van der Waals surface area contributed by atoms with Crippen LogP contribution >= 0.6 is 11.6 Å². The van der Waals surface area contributed by atoms with Crippen molar-refractivity contribution in [3.05, 3.63) is 22.7 Å². The highest BCUT2D eigenvalue weighted by atomic mass is 35.5. The summed E-state index contributed by atoms with van der Waals surface area (Å²) in [4.78, 5) is 10.9. The third-order valence-electron chi connectivity index (χ3n) is 1.93. The van der Waals surface area contributed by atoms with Gasteiger partial charge in [-0.2, -0.15) is 0 Å². The highest BCUT2D eigenvalue weighted by molar-refractivity contribution is 6.32. The molecule has 0 aliphatic carbocycles. The number of aromatic hydroxyl groups is 1. The van der Waals surface area contributed by atoms with Gasteiger partial charge in [-0.3, -0.25) is 4.79 Å². The van der Waals surface area contributed by atoms with Crippen molar-refractivity contribution < 1.29 is 9.90 Å². The minimum Gasteiger partial charge on any atom is -0.506 e. The van der Waals surface area contributed by atoms with E-state index in [0.29, 0.717) is 29.2 Å². The summed E-state index contributed by atoms with van der Waals surface area (Å²) in [5.41, 5.74) is 6.44. The maximum atomic E-state index is 10.9. The molecule has 0 bridgehead atoms. The maximum Gasteiger partial charge on any atom is 0.221 e. The third-order valence-corrected chi connectivity index (χ3v) is 2.28. The molecule has 0 heterocycles.